The number of anilines is 1. The molecule has 0 spiro atoms. The number of nitrogens with one attached hydrogen (secondary N) is 2. The quantitative estimate of drug-likeness (QED) is 0.719. The van der Waals surface area contributed by atoms with Gasteiger partial charge in [-0.2, -0.15) is 0 Å². The highest BCUT2D eigenvalue weighted by Gasteiger charge is 2.55. The van der Waals surface area contributed by atoms with Gasteiger partial charge in [-0.1, -0.05) is 11.8 Å². The van der Waals surface area contributed by atoms with Crippen LogP contribution in [0.15, 0.2) is 16.6 Å². The van der Waals surface area contributed by atoms with Crippen molar-refractivity contribution in [1.29, 1.82) is 0 Å². The number of amides is 2. The molecule has 0 radical (unpaired) electrons. The number of alkyl halides is 2. The van der Waals surface area contributed by atoms with E-state index < -0.39 is 23.3 Å². The minimum atomic E-state index is -3.39. The van der Waals surface area contributed by atoms with E-state index >= 15 is 0 Å². The van der Waals surface area contributed by atoms with Crippen LogP contribution in [0.25, 0.3) is 0 Å². The minimum absolute atomic E-state index is 0.0646. The molecule has 1 aliphatic carbocycles. The zero-order chi connectivity index (χ0) is 16.1. The van der Waals surface area contributed by atoms with E-state index in [4.69, 9.17) is 0 Å². The first kappa shape index (κ1) is 15.2. The summed E-state index contributed by atoms with van der Waals surface area (Å²) in [4.78, 5) is 11.8. The predicted molar refractivity (Wildman–Crippen MR) is 79.1 cm³/mol. The maximum Gasteiger partial charge on any atom is 0.320 e. The zero-order valence-corrected chi connectivity index (χ0v) is 13.2. The second kappa shape index (κ2) is 4.92. The molecule has 1 aromatic carbocycles. The molecule has 1 fully saturated rings. The summed E-state index contributed by atoms with van der Waals surface area (Å²) >= 11 is 2.98. The Kier molecular flexibility index (Phi) is 3.40. The van der Waals surface area contributed by atoms with E-state index in [9.17, 15) is 18.0 Å². The Morgan fingerprint density at radius 2 is 2.09 bits per heavy atom. The van der Waals surface area contributed by atoms with Crippen LogP contribution in [0, 0.1) is 23.6 Å². The molecule has 0 aromatic heterocycles. The molecule has 1 unspecified atom stereocenters. The lowest BCUT2D eigenvalue weighted by molar-refractivity contribution is -0.0465. The van der Waals surface area contributed by atoms with Crippen molar-refractivity contribution in [1.82, 2.24) is 5.32 Å². The molecule has 1 saturated carbocycles. The lowest BCUT2D eigenvalue weighted by Crippen LogP contribution is -2.59. The molecule has 1 heterocycles. The van der Waals surface area contributed by atoms with Gasteiger partial charge in [-0.15, -0.1) is 0 Å². The minimum Gasteiger partial charge on any atom is -0.312 e. The third kappa shape index (κ3) is 2.45. The van der Waals surface area contributed by atoms with Crippen LogP contribution in [0.3, 0.4) is 0 Å². The van der Waals surface area contributed by atoms with Crippen LogP contribution < -0.4 is 10.6 Å². The third-order valence-corrected chi connectivity index (χ3v) is 4.32. The van der Waals surface area contributed by atoms with Gasteiger partial charge in [-0.25, -0.2) is 18.0 Å². The largest absolute Gasteiger partial charge is 0.320 e. The Morgan fingerprint density at radius 3 is 2.68 bits per heavy atom. The average molecular weight is 373 g/mol. The molecule has 116 valence electrons. The number of fused-ring (bicyclic) bond motifs is 1. The van der Waals surface area contributed by atoms with Crippen molar-refractivity contribution >= 4 is 27.6 Å². The second-order valence-corrected chi connectivity index (χ2v) is 6.43. The number of carbonyl (C=O) groups is 1. The Hall–Kier alpha value is -1.68. The molecular weight excluding hydrogens is 361 g/mol. The van der Waals surface area contributed by atoms with Gasteiger partial charge in [0.05, 0.1) is 10.2 Å². The molecule has 1 atom stereocenters. The van der Waals surface area contributed by atoms with Crippen molar-refractivity contribution in [2.45, 2.75) is 31.2 Å². The van der Waals surface area contributed by atoms with Gasteiger partial charge in [0.15, 0.2) is 5.54 Å². The van der Waals surface area contributed by atoms with E-state index in [2.05, 4.69) is 38.4 Å². The third-order valence-electron chi connectivity index (χ3n) is 3.71. The fraction of sp³-hybridized carbons (Fsp3) is 0.400. The van der Waals surface area contributed by atoms with Crippen molar-refractivity contribution in [3.8, 4) is 11.8 Å². The van der Waals surface area contributed by atoms with Crippen LogP contribution in [-0.4, -0.2) is 12.0 Å². The van der Waals surface area contributed by atoms with E-state index in [1.165, 1.54) is 6.07 Å². The Bertz CT molecular complexity index is 716. The molecule has 3 rings (SSSR count). The molecular formula is C15H12BrF3N2O. The average Bonchev–Trinajstić information content (AvgIpc) is 3.21. The van der Waals surface area contributed by atoms with Crippen molar-refractivity contribution < 1.29 is 18.0 Å². The van der Waals surface area contributed by atoms with E-state index in [0.717, 1.165) is 18.9 Å². The number of hydrogen-bond donors (Lipinski definition) is 2. The highest BCUT2D eigenvalue weighted by molar-refractivity contribution is 9.10. The first-order valence-electron chi connectivity index (χ1n) is 6.72. The van der Waals surface area contributed by atoms with Crippen LogP contribution in [0.2, 0.25) is 0 Å². The standard InChI is InChI=1S/C15H12BrF3N2O/c1-14(18,19)15(5-4-8-2-3-8)9-6-11(17)10(16)7-12(9)20-13(22)21-15/h6-8H,2-3H2,1H3,(H2,20,21,22). The number of urea groups is 1. The SMILES string of the molecule is CC(F)(F)C1(C#CC2CC2)NC(=O)Nc2cc(Br)c(F)cc21. The fourth-order valence-corrected chi connectivity index (χ4v) is 2.69. The lowest BCUT2D eigenvalue weighted by atomic mass is 9.82. The highest BCUT2D eigenvalue weighted by atomic mass is 79.9. The number of halogens is 4. The summed E-state index contributed by atoms with van der Waals surface area (Å²) in [6.45, 7) is 0.671. The number of carbonyl (C=O) groups excluding carboxylic acids is 1. The van der Waals surface area contributed by atoms with Crippen LogP contribution >= 0.6 is 15.9 Å². The van der Waals surface area contributed by atoms with E-state index in [1.54, 1.807) is 0 Å². The molecule has 0 saturated heterocycles. The highest BCUT2D eigenvalue weighted by Crippen LogP contribution is 2.44. The molecule has 2 N–H and O–H groups in total. The van der Waals surface area contributed by atoms with Crippen LogP contribution in [0.4, 0.5) is 23.7 Å². The zero-order valence-electron chi connectivity index (χ0n) is 11.6. The smallest absolute Gasteiger partial charge is 0.312 e. The molecule has 0 bridgehead atoms. The van der Waals surface area contributed by atoms with E-state index in [0.29, 0.717) is 6.92 Å². The van der Waals surface area contributed by atoms with Crippen molar-refractivity contribution in [3.05, 3.63) is 28.0 Å². The lowest BCUT2D eigenvalue weighted by Gasteiger charge is -2.39. The summed E-state index contributed by atoms with van der Waals surface area (Å²) in [7, 11) is 0. The number of benzene rings is 1. The summed E-state index contributed by atoms with van der Waals surface area (Å²) in [5.41, 5.74) is -2.20. The van der Waals surface area contributed by atoms with Crippen molar-refractivity contribution in [3.63, 3.8) is 0 Å². The van der Waals surface area contributed by atoms with Gasteiger partial charge in [-0.3, -0.25) is 0 Å². The summed E-state index contributed by atoms with van der Waals surface area (Å²) in [6, 6.07) is 1.45. The van der Waals surface area contributed by atoms with E-state index in [1.807, 2.05) is 0 Å². The topological polar surface area (TPSA) is 41.1 Å². The fourth-order valence-electron chi connectivity index (χ4n) is 2.34. The van der Waals surface area contributed by atoms with Crippen molar-refractivity contribution in [2.75, 3.05) is 5.32 Å². The first-order valence-corrected chi connectivity index (χ1v) is 7.51. The number of hydrogen-bond acceptors (Lipinski definition) is 1. The van der Waals surface area contributed by atoms with Crippen LogP contribution in [0.1, 0.15) is 25.3 Å². The summed E-state index contributed by atoms with van der Waals surface area (Å²) in [5, 5.41) is 4.61. The monoisotopic (exact) mass is 372 g/mol. The van der Waals surface area contributed by atoms with Gasteiger partial charge in [-0.05, 0) is 40.9 Å². The molecule has 2 amide bonds. The molecule has 7 heteroatoms. The normalized spacial score (nSPS) is 23.8. The molecule has 1 aliphatic heterocycles. The van der Waals surface area contributed by atoms with Gasteiger partial charge in [0.1, 0.15) is 5.82 Å². The molecule has 3 nitrogen and oxygen atoms in total. The Morgan fingerprint density at radius 1 is 1.41 bits per heavy atom. The maximum absolute atomic E-state index is 14.3. The van der Waals surface area contributed by atoms with Gasteiger partial charge >= 0.3 is 6.03 Å². The summed E-state index contributed by atoms with van der Waals surface area (Å²) in [5.74, 6) is 1.26. The Labute approximate surface area is 133 Å². The van der Waals surface area contributed by atoms with Crippen molar-refractivity contribution in [2.24, 2.45) is 5.92 Å². The van der Waals surface area contributed by atoms with Gasteiger partial charge in [0, 0.05) is 18.4 Å². The maximum atomic E-state index is 14.3. The van der Waals surface area contributed by atoms with Crippen LogP contribution in [0.5, 0.6) is 0 Å². The molecule has 1 aromatic rings. The summed E-state index contributed by atoms with van der Waals surface area (Å²) < 4.78 is 42.6. The summed E-state index contributed by atoms with van der Waals surface area (Å²) in [6.07, 6.45) is 1.71. The van der Waals surface area contributed by atoms with Gasteiger partial charge in [0.25, 0.3) is 5.92 Å². The van der Waals surface area contributed by atoms with Gasteiger partial charge < -0.3 is 10.6 Å². The number of rotatable bonds is 1. The van der Waals surface area contributed by atoms with Gasteiger partial charge in [0.2, 0.25) is 0 Å². The van der Waals surface area contributed by atoms with E-state index in [-0.39, 0.29) is 21.6 Å². The second-order valence-electron chi connectivity index (χ2n) is 5.57. The molecule has 2 aliphatic rings. The predicted octanol–water partition coefficient (Wildman–Crippen LogP) is 3.99. The molecule has 22 heavy (non-hydrogen) atoms. The first-order chi connectivity index (χ1) is 10.2. The Balaban J connectivity index is 2.24. The van der Waals surface area contributed by atoms with Crippen LogP contribution in [-0.2, 0) is 5.54 Å².